The van der Waals surface area contributed by atoms with Crippen molar-refractivity contribution in [3.05, 3.63) is 42.2 Å². The van der Waals surface area contributed by atoms with Crippen molar-refractivity contribution in [2.75, 3.05) is 39.7 Å². The fourth-order valence-electron chi connectivity index (χ4n) is 3.50. The summed E-state index contributed by atoms with van der Waals surface area (Å²) in [4.78, 5) is 12.6. The lowest BCUT2D eigenvalue weighted by Gasteiger charge is -2.31. The van der Waals surface area contributed by atoms with Crippen molar-refractivity contribution in [2.45, 2.75) is 17.7 Å². The highest BCUT2D eigenvalue weighted by atomic mass is 32.2. The minimum atomic E-state index is -4.04. The van der Waals surface area contributed by atoms with Crippen molar-refractivity contribution in [3.63, 3.8) is 0 Å². The molecule has 1 N–H and O–H groups in total. The van der Waals surface area contributed by atoms with Crippen LogP contribution in [0, 0.1) is 11.7 Å². The number of ether oxygens (including phenoxy) is 3. The number of carbonyl (C=O) groups is 1. The summed E-state index contributed by atoms with van der Waals surface area (Å²) in [5, 5.41) is 2.80. The second-order valence-electron chi connectivity index (χ2n) is 7.05. The second-order valence-corrected chi connectivity index (χ2v) is 8.96. The van der Waals surface area contributed by atoms with Crippen LogP contribution in [0.1, 0.15) is 12.8 Å². The number of piperidine rings is 1. The Morgan fingerprint density at radius 1 is 1.06 bits per heavy atom. The Hall–Kier alpha value is -2.85. The summed E-state index contributed by atoms with van der Waals surface area (Å²) in [6.45, 7) is 0.212. The predicted molar refractivity (Wildman–Crippen MR) is 113 cm³/mol. The van der Waals surface area contributed by atoms with Crippen molar-refractivity contribution in [1.82, 2.24) is 4.31 Å². The average molecular weight is 453 g/mol. The Kier molecular flexibility index (Phi) is 7.01. The number of carbonyl (C=O) groups excluding carboxylic acids is 1. The topological polar surface area (TPSA) is 94.2 Å². The van der Waals surface area contributed by atoms with Crippen molar-refractivity contribution >= 4 is 21.6 Å². The largest absolute Gasteiger partial charge is 0.497 e. The molecule has 2 aromatic rings. The summed E-state index contributed by atoms with van der Waals surface area (Å²) in [7, 11) is 0.282. The van der Waals surface area contributed by atoms with E-state index < -0.39 is 21.8 Å². The third-order valence-electron chi connectivity index (χ3n) is 5.16. The van der Waals surface area contributed by atoms with E-state index in [4.69, 9.17) is 14.2 Å². The number of amides is 1. The Bertz CT molecular complexity index is 1060. The molecule has 0 saturated carbocycles. The van der Waals surface area contributed by atoms with Crippen molar-refractivity contribution in [1.29, 1.82) is 0 Å². The zero-order valence-corrected chi connectivity index (χ0v) is 18.4. The predicted octanol–water partition coefficient (Wildman–Crippen LogP) is 2.89. The number of hydrogen-bond donors (Lipinski definition) is 1. The van der Waals surface area contributed by atoms with E-state index in [-0.39, 0.29) is 29.6 Å². The maximum atomic E-state index is 13.7. The minimum absolute atomic E-state index is 0.0215. The van der Waals surface area contributed by atoms with Gasteiger partial charge in [-0.05, 0) is 43.2 Å². The molecule has 1 heterocycles. The fourth-order valence-corrected chi connectivity index (χ4v) is 5.19. The van der Waals surface area contributed by atoms with E-state index in [0.717, 1.165) is 12.1 Å². The summed E-state index contributed by atoms with van der Waals surface area (Å²) in [6, 6.07) is 8.32. The molecule has 0 bridgehead atoms. The van der Waals surface area contributed by atoms with Gasteiger partial charge >= 0.3 is 0 Å². The van der Waals surface area contributed by atoms with Crippen LogP contribution in [-0.2, 0) is 14.8 Å². The third kappa shape index (κ3) is 4.91. The molecule has 0 spiro atoms. The van der Waals surface area contributed by atoms with Crippen molar-refractivity contribution in [3.8, 4) is 17.2 Å². The molecule has 1 unspecified atom stereocenters. The van der Waals surface area contributed by atoms with E-state index in [1.165, 1.54) is 31.7 Å². The second kappa shape index (κ2) is 9.52. The first-order valence-corrected chi connectivity index (χ1v) is 11.1. The number of anilines is 1. The average Bonchev–Trinajstić information content (AvgIpc) is 2.79. The Morgan fingerprint density at radius 2 is 1.81 bits per heavy atom. The molecule has 1 aliphatic rings. The molecule has 0 aliphatic carbocycles. The summed E-state index contributed by atoms with van der Waals surface area (Å²) in [6.07, 6.45) is 1.02. The maximum Gasteiger partial charge on any atom is 0.246 e. The standard InChI is InChI=1S/C21H25FN2O6S/c1-28-16-7-8-17(19(12-16)30-3)23-21(25)14-5-4-10-24(13-14)31(26,27)20-11-15(22)6-9-18(20)29-2/h6-9,11-12,14H,4-5,10,13H2,1-3H3,(H,23,25). The summed E-state index contributed by atoms with van der Waals surface area (Å²) in [5.41, 5.74) is 0.458. The normalized spacial score (nSPS) is 17.1. The molecule has 1 aliphatic heterocycles. The van der Waals surface area contributed by atoms with E-state index in [1.54, 1.807) is 18.2 Å². The molecule has 8 nitrogen and oxygen atoms in total. The molecule has 1 atom stereocenters. The van der Waals surface area contributed by atoms with Gasteiger partial charge in [0.1, 0.15) is 28.0 Å². The van der Waals surface area contributed by atoms with Crippen LogP contribution < -0.4 is 19.5 Å². The highest BCUT2D eigenvalue weighted by molar-refractivity contribution is 7.89. The Morgan fingerprint density at radius 3 is 2.48 bits per heavy atom. The van der Waals surface area contributed by atoms with Gasteiger partial charge in [0.05, 0.1) is 32.9 Å². The Balaban J connectivity index is 1.79. The Labute approximate surface area is 181 Å². The zero-order chi connectivity index (χ0) is 22.6. The smallest absolute Gasteiger partial charge is 0.246 e. The van der Waals surface area contributed by atoms with Crippen LogP contribution in [0.5, 0.6) is 17.2 Å². The monoisotopic (exact) mass is 452 g/mol. The lowest BCUT2D eigenvalue weighted by molar-refractivity contribution is -0.120. The quantitative estimate of drug-likeness (QED) is 0.694. The van der Waals surface area contributed by atoms with Crippen LogP contribution in [-0.4, -0.2) is 53.0 Å². The van der Waals surface area contributed by atoms with Gasteiger partial charge in [-0.1, -0.05) is 0 Å². The van der Waals surface area contributed by atoms with E-state index in [9.17, 15) is 17.6 Å². The van der Waals surface area contributed by atoms with Gasteiger partial charge in [0.15, 0.2) is 0 Å². The number of nitrogens with one attached hydrogen (secondary N) is 1. The summed E-state index contributed by atoms with van der Waals surface area (Å²) < 4.78 is 56.7. The molecule has 1 amide bonds. The van der Waals surface area contributed by atoms with Crippen LogP contribution in [0.15, 0.2) is 41.3 Å². The van der Waals surface area contributed by atoms with Gasteiger partial charge in [-0.3, -0.25) is 4.79 Å². The molecule has 31 heavy (non-hydrogen) atoms. The number of sulfonamides is 1. The van der Waals surface area contributed by atoms with Crippen LogP contribution >= 0.6 is 0 Å². The van der Waals surface area contributed by atoms with Crippen LogP contribution in [0.25, 0.3) is 0 Å². The number of nitrogens with zero attached hydrogens (tertiary/aromatic N) is 1. The molecule has 0 radical (unpaired) electrons. The molecule has 1 saturated heterocycles. The molecule has 3 rings (SSSR count). The van der Waals surface area contributed by atoms with Crippen molar-refractivity contribution < 1.29 is 31.8 Å². The van der Waals surface area contributed by atoms with Crippen LogP contribution in [0.3, 0.4) is 0 Å². The fraction of sp³-hybridized carbons (Fsp3) is 0.381. The third-order valence-corrected chi connectivity index (χ3v) is 7.05. The van der Waals surface area contributed by atoms with Gasteiger partial charge in [0.25, 0.3) is 0 Å². The van der Waals surface area contributed by atoms with E-state index in [2.05, 4.69) is 5.32 Å². The number of halogens is 1. The molecular weight excluding hydrogens is 427 g/mol. The number of benzene rings is 2. The first kappa shape index (κ1) is 22.8. The number of methoxy groups -OCH3 is 3. The van der Waals surface area contributed by atoms with Gasteiger partial charge < -0.3 is 19.5 Å². The lowest BCUT2D eigenvalue weighted by Crippen LogP contribution is -2.43. The van der Waals surface area contributed by atoms with Crippen LogP contribution in [0.4, 0.5) is 10.1 Å². The highest BCUT2D eigenvalue weighted by Crippen LogP contribution is 2.32. The summed E-state index contributed by atoms with van der Waals surface area (Å²) in [5.74, 6) is -0.524. The number of hydrogen-bond acceptors (Lipinski definition) is 6. The van der Waals surface area contributed by atoms with Crippen molar-refractivity contribution in [2.24, 2.45) is 5.92 Å². The van der Waals surface area contributed by atoms with Crippen LogP contribution in [0.2, 0.25) is 0 Å². The highest BCUT2D eigenvalue weighted by Gasteiger charge is 2.35. The molecule has 0 aromatic heterocycles. The zero-order valence-electron chi connectivity index (χ0n) is 17.6. The van der Waals surface area contributed by atoms with Gasteiger partial charge in [0.2, 0.25) is 15.9 Å². The van der Waals surface area contributed by atoms with Gasteiger partial charge in [0, 0.05) is 19.2 Å². The molecule has 2 aromatic carbocycles. The first-order valence-electron chi connectivity index (χ1n) is 9.66. The van der Waals surface area contributed by atoms with Gasteiger partial charge in [-0.15, -0.1) is 0 Å². The van der Waals surface area contributed by atoms with E-state index in [0.29, 0.717) is 30.0 Å². The lowest BCUT2D eigenvalue weighted by atomic mass is 9.98. The molecule has 10 heteroatoms. The number of rotatable bonds is 7. The minimum Gasteiger partial charge on any atom is -0.497 e. The molecule has 168 valence electrons. The van der Waals surface area contributed by atoms with Gasteiger partial charge in [-0.25, -0.2) is 12.8 Å². The molecule has 1 fully saturated rings. The van der Waals surface area contributed by atoms with E-state index >= 15 is 0 Å². The SMILES string of the molecule is COc1ccc(NC(=O)C2CCCN(S(=O)(=O)c3cc(F)ccc3OC)C2)c(OC)c1. The van der Waals surface area contributed by atoms with Gasteiger partial charge in [-0.2, -0.15) is 4.31 Å². The van der Waals surface area contributed by atoms with E-state index in [1.807, 2.05) is 0 Å². The molecular formula is C21H25FN2O6S. The summed E-state index contributed by atoms with van der Waals surface area (Å²) >= 11 is 0. The maximum absolute atomic E-state index is 13.7. The first-order chi connectivity index (χ1) is 14.8.